The van der Waals surface area contributed by atoms with E-state index in [9.17, 15) is 9.90 Å². The van der Waals surface area contributed by atoms with Crippen LogP contribution in [0.5, 0.6) is 0 Å². The van der Waals surface area contributed by atoms with Crippen molar-refractivity contribution in [2.45, 2.75) is 19.2 Å². The van der Waals surface area contributed by atoms with E-state index in [0.29, 0.717) is 19.6 Å². The molecule has 1 atom stereocenters. The van der Waals surface area contributed by atoms with Gasteiger partial charge >= 0.3 is 0 Å². The Labute approximate surface area is 157 Å². The van der Waals surface area contributed by atoms with Crippen LogP contribution in [0.3, 0.4) is 0 Å². The van der Waals surface area contributed by atoms with E-state index in [0.717, 1.165) is 24.1 Å². The number of carbonyl (C=O) groups is 1. The molecule has 4 rings (SSSR count). The molecule has 1 amide bonds. The highest BCUT2D eigenvalue weighted by atomic mass is 16.3. The summed E-state index contributed by atoms with van der Waals surface area (Å²) in [5.74, 6) is -0.0732. The van der Waals surface area contributed by atoms with Crippen LogP contribution in [0.2, 0.25) is 0 Å². The fraction of sp³-hybridized carbons (Fsp3) is 0.350. The summed E-state index contributed by atoms with van der Waals surface area (Å²) in [7, 11) is 0. The van der Waals surface area contributed by atoms with Crippen molar-refractivity contribution in [3.05, 3.63) is 60.2 Å². The van der Waals surface area contributed by atoms with Crippen molar-refractivity contribution in [1.29, 1.82) is 0 Å². The molecule has 0 bridgehead atoms. The predicted molar refractivity (Wildman–Crippen MR) is 102 cm³/mol. The van der Waals surface area contributed by atoms with Crippen molar-refractivity contribution in [2.75, 3.05) is 26.2 Å². The first-order chi connectivity index (χ1) is 13.2. The largest absolute Gasteiger partial charge is 0.390 e. The highest BCUT2D eigenvalue weighted by Gasteiger charge is 2.25. The Morgan fingerprint density at radius 3 is 2.33 bits per heavy atom. The zero-order chi connectivity index (χ0) is 18.6. The average Bonchev–Trinajstić information content (AvgIpc) is 2.98. The summed E-state index contributed by atoms with van der Waals surface area (Å²) in [6, 6.07) is 17.7. The SMILES string of the molecule is O=C(Cn1nc2ccccc2n1)N1CCN(Cc2ccccc2)C[C@H](O)C1. The first-order valence-electron chi connectivity index (χ1n) is 9.19. The normalized spacial score (nSPS) is 18.6. The molecule has 1 fully saturated rings. The zero-order valence-electron chi connectivity index (χ0n) is 15.1. The number of carbonyl (C=O) groups excluding carboxylic acids is 1. The van der Waals surface area contributed by atoms with Gasteiger partial charge in [-0.25, -0.2) is 0 Å². The van der Waals surface area contributed by atoms with E-state index < -0.39 is 6.10 Å². The minimum atomic E-state index is -0.565. The van der Waals surface area contributed by atoms with Gasteiger partial charge in [0.25, 0.3) is 0 Å². The molecular formula is C20H23N5O2. The van der Waals surface area contributed by atoms with Gasteiger partial charge in [0.1, 0.15) is 17.6 Å². The highest BCUT2D eigenvalue weighted by Crippen LogP contribution is 2.11. The number of benzene rings is 2. The van der Waals surface area contributed by atoms with E-state index in [4.69, 9.17) is 0 Å². The lowest BCUT2D eigenvalue weighted by molar-refractivity contribution is -0.133. The molecule has 0 aliphatic carbocycles. The second kappa shape index (κ2) is 7.85. The van der Waals surface area contributed by atoms with Gasteiger partial charge in [0.05, 0.1) is 6.10 Å². The summed E-state index contributed by atoms with van der Waals surface area (Å²) in [6.07, 6.45) is -0.565. The number of hydrogen-bond donors (Lipinski definition) is 1. The van der Waals surface area contributed by atoms with Gasteiger partial charge in [-0.2, -0.15) is 15.0 Å². The van der Waals surface area contributed by atoms with Crippen LogP contribution in [0.1, 0.15) is 5.56 Å². The summed E-state index contributed by atoms with van der Waals surface area (Å²) in [5.41, 5.74) is 2.75. The number of hydrogen-bond acceptors (Lipinski definition) is 5. The van der Waals surface area contributed by atoms with Gasteiger partial charge in [0, 0.05) is 32.7 Å². The highest BCUT2D eigenvalue weighted by molar-refractivity contribution is 5.77. The second-order valence-corrected chi connectivity index (χ2v) is 6.93. The van der Waals surface area contributed by atoms with Crippen molar-refractivity contribution >= 4 is 16.9 Å². The maximum absolute atomic E-state index is 12.7. The van der Waals surface area contributed by atoms with Crippen LogP contribution in [-0.4, -0.2) is 68.1 Å². The third-order valence-electron chi connectivity index (χ3n) is 4.79. The van der Waals surface area contributed by atoms with Gasteiger partial charge in [-0.05, 0) is 17.7 Å². The van der Waals surface area contributed by atoms with E-state index in [2.05, 4.69) is 27.2 Å². The Balaban J connectivity index is 1.39. The third kappa shape index (κ3) is 4.32. The molecule has 140 valence electrons. The Morgan fingerprint density at radius 1 is 0.963 bits per heavy atom. The van der Waals surface area contributed by atoms with E-state index in [1.165, 1.54) is 10.4 Å². The standard InChI is InChI=1S/C20H23N5O2/c26-17-13-23(12-16-6-2-1-3-7-16)10-11-24(14-17)20(27)15-25-21-18-8-4-5-9-19(18)22-25/h1-9,17,26H,10-15H2/t17-/m0/s1. The topological polar surface area (TPSA) is 74.5 Å². The number of aliphatic hydroxyl groups is 1. The van der Waals surface area contributed by atoms with Gasteiger partial charge in [0.2, 0.25) is 5.91 Å². The van der Waals surface area contributed by atoms with Crippen LogP contribution in [0, 0.1) is 0 Å². The fourth-order valence-corrected chi connectivity index (χ4v) is 3.46. The van der Waals surface area contributed by atoms with Crippen LogP contribution < -0.4 is 0 Å². The smallest absolute Gasteiger partial charge is 0.246 e. The maximum Gasteiger partial charge on any atom is 0.246 e. The minimum absolute atomic E-state index is 0.0732. The molecule has 2 aromatic carbocycles. The molecule has 1 aromatic heterocycles. The molecule has 2 heterocycles. The van der Waals surface area contributed by atoms with E-state index >= 15 is 0 Å². The van der Waals surface area contributed by atoms with Gasteiger partial charge in [-0.1, -0.05) is 42.5 Å². The van der Waals surface area contributed by atoms with Crippen molar-refractivity contribution in [2.24, 2.45) is 0 Å². The average molecular weight is 365 g/mol. The lowest BCUT2D eigenvalue weighted by Gasteiger charge is -2.21. The first kappa shape index (κ1) is 17.6. The van der Waals surface area contributed by atoms with Crippen LogP contribution in [0.4, 0.5) is 0 Å². The number of amides is 1. The summed E-state index contributed by atoms with van der Waals surface area (Å²) < 4.78 is 0. The number of nitrogens with zero attached hydrogens (tertiary/aromatic N) is 5. The number of aliphatic hydroxyl groups excluding tert-OH is 1. The van der Waals surface area contributed by atoms with Crippen molar-refractivity contribution in [3.8, 4) is 0 Å². The molecule has 1 aliphatic heterocycles. The first-order valence-corrected chi connectivity index (χ1v) is 9.19. The van der Waals surface area contributed by atoms with Crippen LogP contribution in [-0.2, 0) is 17.9 Å². The summed E-state index contributed by atoms with van der Waals surface area (Å²) in [4.78, 5) is 18.0. The molecule has 0 radical (unpaired) electrons. The van der Waals surface area contributed by atoms with Crippen LogP contribution in [0.25, 0.3) is 11.0 Å². The molecule has 1 N–H and O–H groups in total. The third-order valence-corrected chi connectivity index (χ3v) is 4.79. The Kier molecular flexibility index (Phi) is 5.13. The van der Waals surface area contributed by atoms with Gasteiger partial charge in [-0.15, -0.1) is 0 Å². The molecule has 7 nitrogen and oxygen atoms in total. The predicted octanol–water partition coefficient (Wildman–Crippen LogP) is 1.14. The minimum Gasteiger partial charge on any atom is -0.390 e. The Hall–Kier alpha value is -2.77. The van der Waals surface area contributed by atoms with Gasteiger partial charge < -0.3 is 10.0 Å². The van der Waals surface area contributed by atoms with E-state index in [1.54, 1.807) is 4.90 Å². The lowest BCUT2D eigenvalue weighted by atomic mass is 10.2. The maximum atomic E-state index is 12.7. The number of rotatable bonds is 4. The van der Waals surface area contributed by atoms with Gasteiger partial charge in [0.15, 0.2) is 0 Å². The van der Waals surface area contributed by atoms with Crippen molar-refractivity contribution in [3.63, 3.8) is 0 Å². The molecular weight excluding hydrogens is 342 g/mol. The van der Waals surface area contributed by atoms with Crippen LogP contribution in [0.15, 0.2) is 54.6 Å². The lowest BCUT2D eigenvalue weighted by Crippen LogP contribution is -2.39. The molecule has 0 saturated carbocycles. The molecule has 3 aromatic rings. The number of aromatic nitrogens is 3. The van der Waals surface area contributed by atoms with Crippen LogP contribution >= 0.6 is 0 Å². The van der Waals surface area contributed by atoms with Crippen molar-refractivity contribution in [1.82, 2.24) is 24.8 Å². The van der Waals surface area contributed by atoms with Gasteiger partial charge in [-0.3, -0.25) is 9.69 Å². The molecule has 7 heteroatoms. The Morgan fingerprint density at radius 2 is 1.63 bits per heavy atom. The Bertz CT molecular complexity index is 878. The van der Waals surface area contributed by atoms with Crippen molar-refractivity contribution < 1.29 is 9.90 Å². The second-order valence-electron chi connectivity index (χ2n) is 6.93. The monoisotopic (exact) mass is 365 g/mol. The molecule has 1 saturated heterocycles. The molecule has 0 spiro atoms. The molecule has 0 unspecified atom stereocenters. The van der Waals surface area contributed by atoms with E-state index in [-0.39, 0.29) is 12.5 Å². The number of β-amino-alcohol motifs (C(OH)–C–C–N with tert-alkyl or cyclic N) is 1. The summed E-state index contributed by atoms with van der Waals surface area (Å²) in [6.45, 7) is 3.06. The summed E-state index contributed by atoms with van der Waals surface area (Å²) in [5, 5.41) is 19.1. The quantitative estimate of drug-likeness (QED) is 0.750. The summed E-state index contributed by atoms with van der Waals surface area (Å²) >= 11 is 0. The molecule has 1 aliphatic rings. The number of fused-ring (bicyclic) bond motifs is 1. The van der Waals surface area contributed by atoms with E-state index in [1.807, 2.05) is 42.5 Å². The molecule has 27 heavy (non-hydrogen) atoms. The fourth-order valence-electron chi connectivity index (χ4n) is 3.46. The zero-order valence-corrected chi connectivity index (χ0v) is 15.1.